The summed E-state index contributed by atoms with van der Waals surface area (Å²) in [7, 11) is 1.80. The van der Waals surface area contributed by atoms with E-state index in [2.05, 4.69) is 0 Å². The molecule has 0 bridgehead atoms. The molecule has 2 aliphatic rings. The van der Waals surface area contributed by atoms with Crippen LogP contribution in [0.1, 0.15) is 44.1 Å². The molecule has 198 valence electrons. The van der Waals surface area contributed by atoms with Gasteiger partial charge in [-0.15, -0.1) is 0 Å². The number of amides is 3. The quantitative estimate of drug-likeness (QED) is 0.512. The number of likely N-dealkylation sites (tertiary alicyclic amines) is 2. The Kier molecular flexibility index (Phi) is 9.45. The highest BCUT2D eigenvalue weighted by atomic mass is 35.5. The van der Waals surface area contributed by atoms with Gasteiger partial charge in [0.1, 0.15) is 11.9 Å². The molecule has 2 fully saturated rings. The number of ether oxygens (including phenoxy) is 1. The van der Waals surface area contributed by atoms with E-state index < -0.39 is 0 Å². The third-order valence-electron chi connectivity index (χ3n) is 7.22. The number of piperidine rings is 1. The summed E-state index contributed by atoms with van der Waals surface area (Å²) in [5.74, 6) is 0.473. The highest BCUT2D eigenvalue weighted by Crippen LogP contribution is 2.28. The SMILES string of the molecule is CN(Cc1ccccc1)C(=O)C[C@H]1CN(C(=O)CN2CCCCCC2=O)CC[C@@H]1Oc1cccc(Cl)c1. The number of halogens is 1. The Morgan fingerprint density at radius 2 is 1.86 bits per heavy atom. The fraction of sp³-hybridized carbons (Fsp3) is 0.483. The van der Waals surface area contributed by atoms with Gasteiger partial charge in [-0.2, -0.15) is 0 Å². The van der Waals surface area contributed by atoms with Gasteiger partial charge in [0.2, 0.25) is 17.7 Å². The van der Waals surface area contributed by atoms with E-state index in [0.29, 0.717) is 49.8 Å². The van der Waals surface area contributed by atoms with Gasteiger partial charge in [0.15, 0.2) is 0 Å². The molecule has 2 atom stereocenters. The summed E-state index contributed by atoms with van der Waals surface area (Å²) < 4.78 is 6.30. The third-order valence-corrected chi connectivity index (χ3v) is 7.46. The van der Waals surface area contributed by atoms with E-state index in [-0.39, 0.29) is 42.7 Å². The molecule has 8 heteroatoms. The lowest BCUT2D eigenvalue weighted by atomic mass is 9.90. The molecule has 2 heterocycles. The average Bonchev–Trinajstić information content (AvgIpc) is 3.09. The highest BCUT2D eigenvalue weighted by Gasteiger charge is 2.35. The summed E-state index contributed by atoms with van der Waals surface area (Å²) in [6.45, 7) is 2.19. The van der Waals surface area contributed by atoms with Gasteiger partial charge < -0.3 is 19.4 Å². The van der Waals surface area contributed by atoms with E-state index in [1.807, 2.05) is 42.5 Å². The van der Waals surface area contributed by atoms with Crippen LogP contribution in [0.15, 0.2) is 54.6 Å². The van der Waals surface area contributed by atoms with Gasteiger partial charge in [0.05, 0.1) is 6.54 Å². The molecule has 0 aromatic heterocycles. The van der Waals surface area contributed by atoms with Crippen LogP contribution in [-0.4, -0.2) is 71.8 Å². The van der Waals surface area contributed by atoms with Gasteiger partial charge in [0.25, 0.3) is 0 Å². The Hall–Kier alpha value is -3.06. The third kappa shape index (κ3) is 7.71. The van der Waals surface area contributed by atoms with Crippen molar-refractivity contribution in [1.29, 1.82) is 0 Å². The second-order valence-corrected chi connectivity index (χ2v) is 10.5. The molecule has 4 rings (SSSR count). The molecular weight excluding hydrogens is 490 g/mol. The first-order valence-electron chi connectivity index (χ1n) is 13.1. The molecule has 2 saturated heterocycles. The van der Waals surface area contributed by atoms with Crippen molar-refractivity contribution in [3.63, 3.8) is 0 Å². The first kappa shape index (κ1) is 27.0. The maximum absolute atomic E-state index is 13.2. The van der Waals surface area contributed by atoms with Crippen LogP contribution in [0.2, 0.25) is 5.02 Å². The topological polar surface area (TPSA) is 70.2 Å². The van der Waals surface area contributed by atoms with Crippen LogP contribution < -0.4 is 4.74 Å². The molecular formula is C29H36ClN3O4. The van der Waals surface area contributed by atoms with E-state index in [1.165, 1.54) is 0 Å². The first-order valence-corrected chi connectivity index (χ1v) is 13.5. The second-order valence-electron chi connectivity index (χ2n) is 10.1. The number of rotatable bonds is 8. The number of nitrogens with zero attached hydrogens (tertiary/aromatic N) is 3. The Labute approximate surface area is 224 Å². The van der Waals surface area contributed by atoms with E-state index in [0.717, 1.165) is 24.8 Å². The standard InChI is InChI=1S/C29H36ClN3O4/c1-31(19-22-9-4-2-5-10-22)28(35)17-23-20-33(29(36)21-32-15-7-3-6-13-27(32)34)16-14-26(23)37-25-12-8-11-24(30)18-25/h2,4-5,8-12,18,23,26H,3,6-7,13-17,19-21H2,1H3/t23-,26-/m0/s1. The number of hydrogen-bond donors (Lipinski definition) is 0. The molecule has 2 aromatic rings. The van der Waals surface area contributed by atoms with Gasteiger partial charge in [-0.3, -0.25) is 14.4 Å². The molecule has 0 saturated carbocycles. The molecule has 2 aromatic carbocycles. The van der Waals surface area contributed by atoms with Crippen molar-refractivity contribution in [2.24, 2.45) is 5.92 Å². The summed E-state index contributed by atoms with van der Waals surface area (Å²) in [5, 5.41) is 0.586. The van der Waals surface area contributed by atoms with Crippen LogP contribution in [0.25, 0.3) is 0 Å². The van der Waals surface area contributed by atoms with Crippen LogP contribution in [0.4, 0.5) is 0 Å². The number of benzene rings is 2. The predicted octanol–water partition coefficient (Wildman–Crippen LogP) is 4.39. The van der Waals surface area contributed by atoms with E-state index in [9.17, 15) is 14.4 Å². The molecule has 0 aliphatic carbocycles. The van der Waals surface area contributed by atoms with Crippen molar-refractivity contribution >= 4 is 29.3 Å². The van der Waals surface area contributed by atoms with Gasteiger partial charge in [-0.1, -0.05) is 54.4 Å². The zero-order valence-corrected chi connectivity index (χ0v) is 22.2. The van der Waals surface area contributed by atoms with Gasteiger partial charge in [-0.25, -0.2) is 0 Å². The zero-order chi connectivity index (χ0) is 26.2. The lowest BCUT2D eigenvalue weighted by Crippen LogP contribution is -2.52. The van der Waals surface area contributed by atoms with Crippen molar-refractivity contribution in [2.75, 3.05) is 33.2 Å². The lowest BCUT2D eigenvalue weighted by molar-refractivity contribution is -0.143. The summed E-state index contributed by atoms with van der Waals surface area (Å²) >= 11 is 6.16. The molecule has 3 amide bonds. The minimum Gasteiger partial charge on any atom is -0.490 e. The van der Waals surface area contributed by atoms with E-state index in [1.54, 1.807) is 33.9 Å². The van der Waals surface area contributed by atoms with Gasteiger partial charge >= 0.3 is 0 Å². The average molecular weight is 526 g/mol. The Bertz CT molecular complexity index is 1080. The fourth-order valence-corrected chi connectivity index (χ4v) is 5.28. The van der Waals surface area contributed by atoms with Crippen molar-refractivity contribution in [3.05, 3.63) is 65.2 Å². The Morgan fingerprint density at radius 3 is 2.65 bits per heavy atom. The van der Waals surface area contributed by atoms with Gasteiger partial charge in [0, 0.05) is 63.4 Å². The molecule has 2 aliphatic heterocycles. The van der Waals surface area contributed by atoms with Crippen molar-refractivity contribution < 1.29 is 19.1 Å². The van der Waals surface area contributed by atoms with Crippen molar-refractivity contribution in [2.45, 2.75) is 51.2 Å². The van der Waals surface area contributed by atoms with Crippen LogP contribution in [-0.2, 0) is 20.9 Å². The predicted molar refractivity (Wildman–Crippen MR) is 143 cm³/mol. The molecule has 0 radical (unpaired) electrons. The minimum absolute atomic E-state index is 0.00513. The fourth-order valence-electron chi connectivity index (χ4n) is 5.10. The normalized spacial score (nSPS) is 20.3. The second kappa shape index (κ2) is 13.0. The summed E-state index contributed by atoms with van der Waals surface area (Å²) in [6, 6.07) is 17.1. The highest BCUT2D eigenvalue weighted by molar-refractivity contribution is 6.30. The van der Waals surface area contributed by atoms with Crippen molar-refractivity contribution in [3.8, 4) is 5.75 Å². The molecule has 0 spiro atoms. The molecule has 0 unspecified atom stereocenters. The molecule has 0 N–H and O–H groups in total. The van der Waals surface area contributed by atoms with Gasteiger partial charge in [-0.05, 0) is 36.6 Å². The smallest absolute Gasteiger partial charge is 0.242 e. The lowest BCUT2D eigenvalue weighted by Gasteiger charge is -2.39. The zero-order valence-electron chi connectivity index (χ0n) is 21.5. The first-order chi connectivity index (χ1) is 17.9. The maximum Gasteiger partial charge on any atom is 0.242 e. The number of carbonyl (C=O) groups is 3. The molecule has 37 heavy (non-hydrogen) atoms. The Morgan fingerprint density at radius 1 is 1.05 bits per heavy atom. The van der Waals surface area contributed by atoms with Crippen LogP contribution in [0, 0.1) is 5.92 Å². The largest absolute Gasteiger partial charge is 0.490 e. The van der Waals surface area contributed by atoms with E-state index >= 15 is 0 Å². The van der Waals surface area contributed by atoms with Crippen LogP contribution in [0.3, 0.4) is 0 Å². The monoisotopic (exact) mass is 525 g/mol. The summed E-state index contributed by atoms with van der Waals surface area (Å²) in [5.41, 5.74) is 1.06. The number of carbonyl (C=O) groups excluding carboxylic acids is 3. The Balaban J connectivity index is 1.43. The summed E-state index contributed by atoms with van der Waals surface area (Å²) in [4.78, 5) is 44.1. The van der Waals surface area contributed by atoms with Crippen LogP contribution in [0.5, 0.6) is 5.75 Å². The van der Waals surface area contributed by atoms with E-state index in [4.69, 9.17) is 16.3 Å². The maximum atomic E-state index is 13.2. The molecule has 7 nitrogen and oxygen atoms in total. The van der Waals surface area contributed by atoms with Crippen molar-refractivity contribution in [1.82, 2.24) is 14.7 Å². The number of hydrogen-bond acceptors (Lipinski definition) is 4. The van der Waals surface area contributed by atoms with Crippen LogP contribution >= 0.6 is 11.6 Å². The minimum atomic E-state index is -0.226. The summed E-state index contributed by atoms with van der Waals surface area (Å²) in [6.07, 6.45) is 3.98.